The van der Waals surface area contributed by atoms with Gasteiger partial charge in [0.25, 0.3) is 0 Å². The average molecular weight is 514 g/mol. The molecule has 1 N–H and O–H groups in total. The van der Waals surface area contributed by atoms with Crippen molar-refractivity contribution in [1.29, 1.82) is 0 Å². The fourth-order valence-electron chi connectivity index (χ4n) is 6.81. The van der Waals surface area contributed by atoms with Gasteiger partial charge < -0.3 is 18.8 Å². The van der Waals surface area contributed by atoms with Crippen LogP contribution in [-0.4, -0.2) is 34.6 Å². The van der Waals surface area contributed by atoms with Crippen LogP contribution in [0.5, 0.6) is 0 Å². The molecule has 2 aliphatic rings. The Morgan fingerprint density at radius 1 is 1.03 bits per heavy atom. The Kier molecular flexibility index (Phi) is 6.18. The molecule has 6 rings (SSSR count). The Labute approximate surface area is 222 Å². The molecule has 0 radical (unpaired) electrons. The third-order valence-electron chi connectivity index (χ3n) is 9.07. The van der Waals surface area contributed by atoms with Gasteiger partial charge >= 0.3 is 5.63 Å². The van der Waals surface area contributed by atoms with Crippen LogP contribution in [0.1, 0.15) is 61.0 Å². The molecule has 38 heavy (non-hydrogen) atoms. The second-order valence-electron chi connectivity index (χ2n) is 11.3. The number of hydrogen-bond acceptors (Lipinski definition) is 5. The van der Waals surface area contributed by atoms with E-state index >= 15 is 0 Å². The summed E-state index contributed by atoms with van der Waals surface area (Å²) in [6, 6.07) is 12.2. The quantitative estimate of drug-likeness (QED) is 0.328. The van der Waals surface area contributed by atoms with E-state index in [1.54, 1.807) is 0 Å². The van der Waals surface area contributed by atoms with Gasteiger partial charge in [0.15, 0.2) is 0 Å². The molecule has 0 unspecified atom stereocenters. The third-order valence-corrected chi connectivity index (χ3v) is 9.07. The van der Waals surface area contributed by atoms with Crippen molar-refractivity contribution in [1.82, 2.24) is 4.90 Å². The van der Waals surface area contributed by atoms with Crippen molar-refractivity contribution in [2.45, 2.75) is 71.3 Å². The van der Waals surface area contributed by atoms with Gasteiger partial charge in [-0.25, -0.2) is 4.79 Å². The van der Waals surface area contributed by atoms with Crippen LogP contribution in [0.25, 0.3) is 33.1 Å². The Morgan fingerprint density at radius 3 is 2.58 bits per heavy atom. The van der Waals surface area contributed by atoms with Crippen LogP contribution in [-0.2, 0) is 11.2 Å². The number of rotatable bonds is 4. The SMILES string of the molecule is Cc1oc2c(C)c3oc(=O)c(CCC(=O)N4CC[C@@]5(O)CCCC[C@@H]5C4)c(C)c3cc2c1-c1ccccc1. The number of aryl methyl sites for hydroxylation is 3. The standard InChI is InChI=1S/C32H35NO5/c1-19-24(12-13-27(34)33-16-15-32(36)14-8-7-11-23(32)18-33)31(35)38-29-20(2)30-26(17-25(19)29)28(21(3)37-30)22-9-5-4-6-10-22/h4-6,9-10,17,23,36H,7-8,11-16,18H2,1-3H3/t23-,32+/m1/s1. The van der Waals surface area contributed by atoms with Gasteiger partial charge in [-0.2, -0.15) is 0 Å². The topological polar surface area (TPSA) is 83.9 Å². The number of likely N-dealkylation sites (tertiary alicyclic amines) is 1. The number of piperidine rings is 1. The lowest BCUT2D eigenvalue weighted by molar-refractivity contribution is -0.143. The molecule has 1 saturated heterocycles. The summed E-state index contributed by atoms with van der Waals surface area (Å²) in [6.45, 7) is 7.02. The van der Waals surface area contributed by atoms with Crippen LogP contribution in [0.2, 0.25) is 0 Å². The monoisotopic (exact) mass is 513 g/mol. The van der Waals surface area contributed by atoms with E-state index in [9.17, 15) is 14.7 Å². The Bertz CT molecular complexity index is 1600. The van der Waals surface area contributed by atoms with E-state index in [4.69, 9.17) is 8.83 Å². The predicted molar refractivity (Wildman–Crippen MR) is 148 cm³/mol. The third kappa shape index (κ3) is 4.06. The predicted octanol–water partition coefficient (Wildman–Crippen LogP) is 6.22. The fourth-order valence-corrected chi connectivity index (χ4v) is 6.81. The number of amides is 1. The van der Waals surface area contributed by atoms with Crippen molar-refractivity contribution >= 4 is 27.8 Å². The molecule has 3 heterocycles. The highest BCUT2D eigenvalue weighted by Crippen LogP contribution is 2.41. The highest BCUT2D eigenvalue weighted by molar-refractivity contribution is 6.05. The first-order valence-electron chi connectivity index (χ1n) is 13.8. The van der Waals surface area contributed by atoms with Crippen LogP contribution in [0.3, 0.4) is 0 Å². The van der Waals surface area contributed by atoms with Gasteiger partial charge in [0.05, 0.1) is 5.60 Å². The summed E-state index contributed by atoms with van der Waals surface area (Å²) in [4.78, 5) is 28.2. The average Bonchev–Trinajstić information content (AvgIpc) is 3.25. The number of nitrogens with zero attached hydrogens (tertiary/aromatic N) is 1. The van der Waals surface area contributed by atoms with E-state index in [2.05, 4.69) is 18.2 Å². The van der Waals surface area contributed by atoms with E-state index in [-0.39, 0.29) is 18.2 Å². The number of carbonyl (C=O) groups is 1. The Morgan fingerprint density at radius 2 is 1.79 bits per heavy atom. The summed E-state index contributed by atoms with van der Waals surface area (Å²) in [7, 11) is 0. The van der Waals surface area contributed by atoms with Crippen molar-refractivity contribution in [3.63, 3.8) is 0 Å². The maximum absolute atomic E-state index is 13.2. The molecule has 6 heteroatoms. The lowest BCUT2D eigenvalue weighted by Crippen LogP contribution is -2.54. The summed E-state index contributed by atoms with van der Waals surface area (Å²) >= 11 is 0. The van der Waals surface area contributed by atoms with Gasteiger partial charge in [-0.1, -0.05) is 43.2 Å². The number of furan rings is 1. The molecule has 1 amide bonds. The number of benzene rings is 2. The van der Waals surface area contributed by atoms with E-state index in [1.165, 1.54) is 0 Å². The molecule has 4 aromatic rings. The fraction of sp³-hybridized carbons (Fsp3) is 0.438. The summed E-state index contributed by atoms with van der Waals surface area (Å²) in [5.41, 5.74) is 4.59. The van der Waals surface area contributed by atoms with Crippen LogP contribution in [0, 0.1) is 26.7 Å². The maximum Gasteiger partial charge on any atom is 0.339 e. The first-order valence-corrected chi connectivity index (χ1v) is 13.8. The molecule has 198 valence electrons. The first-order chi connectivity index (χ1) is 18.3. The highest BCUT2D eigenvalue weighted by Gasteiger charge is 2.43. The number of carbonyl (C=O) groups excluding carboxylic acids is 1. The molecule has 2 aromatic carbocycles. The van der Waals surface area contributed by atoms with Gasteiger partial charge in [0, 0.05) is 52.9 Å². The zero-order valence-electron chi connectivity index (χ0n) is 22.4. The maximum atomic E-state index is 13.2. The minimum atomic E-state index is -0.613. The van der Waals surface area contributed by atoms with Gasteiger partial charge in [-0.15, -0.1) is 0 Å². The Balaban J connectivity index is 1.31. The second-order valence-corrected chi connectivity index (χ2v) is 11.3. The minimum Gasteiger partial charge on any atom is -0.460 e. The van der Waals surface area contributed by atoms with E-state index in [1.807, 2.05) is 43.9 Å². The Hall–Kier alpha value is -3.38. The van der Waals surface area contributed by atoms with E-state index in [0.717, 1.165) is 70.1 Å². The lowest BCUT2D eigenvalue weighted by Gasteiger charge is -2.47. The molecule has 1 saturated carbocycles. The van der Waals surface area contributed by atoms with Crippen molar-refractivity contribution in [2.24, 2.45) is 5.92 Å². The molecule has 0 spiro atoms. The van der Waals surface area contributed by atoms with Gasteiger partial charge in [-0.05, 0) is 63.6 Å². The van der Waals surface area contributed by atoms with Crippen LogP contribution in [0.4, 0.5) is 0 Å². The molecule has 1 aliphatic heterocycles. The molecule has 1 aliphatic carbocycles. The van der Waals surface area contributed by atoms with Crippen LogP contribution in [0.15, 0.2) is 50.0 Å². The minimum absolute atomic E-state index is 0.0416. The van der Waals surface area contributed by atoms with Crippen LogP contribution >= 0.6 is 0 Å². The molecule has 2 atom stereocenters. The van der Waals surface area contributed by atoms with Crippen molar-refractivity contribution in [3.8, 4) is 11.1 Å². The van der Waals surface area contributed by atoms with Gasteiger partial charge in [0.1, 0.15) is 16.9 Å². The van der Waals surface area contributed by atoms with Crippen molar-refractivity contribution in [3.05, 3.63) is 69.3 Å². The van der Waals surface area contributed by atoms with Crippen LogP contribution < -0.4 is 5.63 Å². The summed E-state index contributed by atoms with van der Waals surface area (Å²) in [6.07, 6.45) is 5.22. The number of hydrogen-bond donors (Lipinski definition) is 1. The molecule has 2 fully saturated rings. The van der Waals surface area contributed by atoms with Crippen molar-refractivity contribution in [2.75, 3.05) is 13.1 Å². The molecular formula is C32H35NO5. The van der Waals surface area contributed by atoms with E-state index in [0.29, 0.717) is 37.1 Å². The summed E-state index contributed by atoms with van der Waals surface area (Å²) < 4.78 is 12.0. The zero-order valence-corrected chi connectivity index (χ0v) is 22.4. The first kappa shape index (κ1) is 24.9. The second kappa shape index (κ2) is 9.42. The van der Waals surface area contributed by atoms with Crippen molar-refractivity contribution < 1.29 is 18.7 Å². The zero-order chi connectivity index (χ0) is 26.6. The molecular weight excluding hydrogens is 478 g/mol. The number of fused-ring (bicyclic) bond motifs is 3. The summed E-state index contributed by atoms with van der Waals surface area (Å²) in [5.74, 6) is 1.02. The molecule has 0 bridgehead atoms. The summed E-state index contributed by atoms with van der Waals surface area (Å²) in [5, 5.41) is 12.8. The smallest absolute Gasteiger partial charge is 0.339 e. The van der Waals surface area contributed by atoms with E-state index < -0.39 is 11.2 Å². The largest absolute Gasteiger partial charge is 0.460 e. The highest BCUT2D eigenvalue weighted by atomic mass is 16.4. The molecule has 6 nitrogen and oxygen atoms in total. The lowest BCUT2D eigenvalue weighted by atomic mass is 9.71. The normalized spacial score (nSPS) is 21.7. The van der Waals surface area contributed by atoms with Gasteiger partial charge in [0.2, 0.25) is 5.91 Å². The molecule has 2 aromatic heterocycles. The van der Waals surface area contributed by atoms with Gasteiger partial charge in [-0.3, -0.25) is 4.79 Å². The number of aliphatic hydroxyl groups is 1.